The minimum Gasteiger partial charge on any atom is -0.292 e. The summed E-state index contributed by atoms with van der Waals surface area (Å²) in [6, 6.07) is 15.2. The van der Waals surface area contributed by atoms with Crippen molar-refractivity contribution in [2.24, 2.45) is 0 Å². The highest BCUT2D eigenvalue weighted by Gasteiger charge is 2.23. The van der Waals surface area contributed by atoms with Gasteiger partial charge in [0.1, 0.15) is 13.7 Å². The Morgan fingerprint density at radius 3 is 2.75 bits per heavy atom. The van der Waals surface area contributed by atoms with E-state index in [-0.39, 0.29) is 5.91 Å². The molecular weight excluding hydrogens is 318 g/mol. The van der Waals surface area contributed by atoms with Gasteiger partial charge >= 0.3 is 0 Å². The minimum absolute atomic E-state index is 0.0450. The zero-order valence-corrected chi connectivity index (χ0v) is 13.8. The Morgan fingerprint density at radius 2 is 1.88 bits per heavy atom. The summed E-state index contributed by atoms with van der Waals surface area (Å²) in [5.41, 5.74) is 3.73. The number of para-hydroxylation sites is 1. The second-order valence-electron chi connectivity index (χ2n) is 5.99. The number of aromatic nitrogens is 1. The maximum absolute atomic E-state index is 12.6. The lowest BCUT2D eigenvalue weighted by atomic mass is 9.91. The summed E-state index contributed by atoms with van der Waals surface area (Å²) in [6.45, 7) is 0.482. The van der Waals surface area contributed by atoms with Crippen molar-refractivity contribution in [3.63, 3.8) is 0 Å². The number of hydrogen-bond donors (Lipinski definition) is 0. The quantitative estimate of drug-likeness (QED) is 0.641. The van der Waals surface area contributed by atoms with Crippen LogP contribution in [0.2, 0.25) is 5.02 Å². The number of nitrogens with zero attached hydrogens (tertiary/aromatic N) is 2. The summed E-state index contributed by atoms with van der Waals surface area (Å²) in [4.78, 5) is 19.0. The van der Waals surface area contributed by atoms with Gasteiger partial charge in [0.15, 0.2) is 0 Å². The van der Waals surface area contributed by atoms with Crippen molar-refractivity contribution in [3.8, 4) is 0 Å². The van der Waals surface area contributed by atoms with Gasteiger partial charge in [-0.3, -0.25) is 9.69 Å². The van der Waals surface area contributed by atoms with Gasteiger partial charge in [-0.15, -0.1) is 0 Å². The van der Waals surface area contributed by atoms with Crippen LogP contribution in [0.3, 0.4) is 0 Å². The molecule has 3 aromatic rings. The van der Waals surface area contributed by atoms with E-state index in [1.165, 1.54) is 0 Å². The number of carbonyl (C=O) groups is 1. The Kier molecular flexibility index (Phi) is 3.77. The molecular formula is C19H14BClN2O. The molecule has 0 N–H and O–H groups in total. The van der Waals surface area contributed by atoms with E-state index in [9.17, 15) is 4.79 Å². The molecule has 1 aliphatic rings. The summed E-state index contributed by atoms with van der Waals surface area (Å²) in [7, 11) is 5.87. The first kappa shape index (κ1) is 15.2. The molecule has 0 spiro atoms. The normalized spacial score (nSPS) is 14.5. The van der Waals surface area contributed by atoms with Crippen molar-refractivity contribution < 1.29 is 4.79 Å². The van der Waals surface area contributed by atoms with Gasteiger partial charge in [-0.2, -0.15) is 0 Å². The second kappa shape index (κ2) is 5.95. The number of amides is 1. The number of aryl methyl sites for hydroxylation is 1. The molecule has 3 nitrogen and oxygen atoms in total. The predicted octanol–water partition coefficient (Wildman–Crippen LogP) is 3.16. The van der Waals surface area contributed by atoms with Gasteiger partial charge in [-0.25, -0.2) is 4.98 Å². The van der Waals surface area contributed by atoms with Gasteiger partial charge in [0.05, 0.1) is 17.1 Å². The van der Waals surface area contributed by atoms with E-state index >= 15 is 0 Å². The van der Waals surface area contributed by atoms with Crippen LogP contribution < -0.4 is 10.4 Å². The fourth-order valence-corrected chi connectivity index (χ4v) is 3.39. The van der Waals surface area contributed by atoms with E-state index in [4.69, 9.17) is 19.4 Å². The van der Waals surface area contributed by atoms with Crippen molar-refractivity contribution >= 4 is 47.5 Å². The largest absolute Gasteiger partial charge is 0.292 e. The number of fused-ring (bicyclic) bond motifs is 2. The summed E-state index contributed by atoms with van der Waals surface area (Å²) in [5.74, 6) is 0.636. The summed E-state index contributed by atoms with van der Waals surface area (Å²) in [6.07, 6.45) is 1.12. The smallest absolute Gasteiger partial charge is 0.228 e. The van der Waals surface area contributed by atoms with Gasteiger partial charge < -0.3 is 0 Å². The highest BCUT2D eigenvalue weighted by molar-refractivity contribution is 6.35. The molecule has 0 aliphatic carbocycles. The van der Waals surface area contributed by atoms with Crippen LogP contribution in [0, 0.1) is 0 Å². The first-order chi connectivity index (χ1) is 11.6. The van der Waals surface area contributed by atoms with Crippen LogP contribution in [0.15, 0.2) is 48.5 Å². The lowest BCUT2D eigenvalue weighted by Gasteiger charge is -2.21. The van der Waals surface area contributed by atoms with E-state index in [0.29, 0.717) is 30.2 Å². The zero-order valence-electron chi connectivity index (χ0n) is 13.0. The Balaban J connectivity index is 1.80. The Morgan fingerprint density at radius 1 is 1.04 bits per heavy atom. The SMILES string of the molecule is [B]c1ccc2c(c1)CCC(=O)N(c1cc(Cl)c3ccccc3n1)C2. The molecule has 0 fully saturated rings. The molecule has 0 bridgehead atoms. The number of anilines is 1. The average Bonchev–Trinajstić information content (AvgIpc) is 2.74. The van der Waals surface area contributed by atoms with E-state index in [1.54, 1.807) is 11.0 Å². The summed E-state index contributed by atoms with van der Waals surface area (Å²) in [5, 5.41) is 1.49. The van der Waals surface area contributed by atoms with Crippen LogP contribution in [0.1, 0.15) is 17.5 Å². The maximum Gasteiger partial charge on any atom is 0.228 e. The molecule has 2 radical (unpaired) electrons. The molecule has 1 aliphatic heterocycles. The lowest BCUT2D eigenvalue weighted by Crippen LogP contribution is -2.29. The van der Waals surface area contributed by atoms with Crippen molar-refractivity contribution in [2.45, 2.75) is 19.4 Å². The molecule has 2 aromatic carbocycles. The molecule has 1 aromatic heterocycles. The van der Waals surface area contributed by atoms with Gasteiger partial charge in [0.2, 0.25) is 5.91 Å². The third kappa shape index (κ3) is 2.67. The van der Waals surface area contributed by atoms with Gasteiger partial charge in [-0.1, -0.05) is 53.5 Å². The number of carbonyl (C=O) groups excluding carboxylic acids is 1. The van der Waals surface area contributed by atoms with Gasteiger partial charge in [0, 0.05) is 17.9 Å². The van der Waals surface area contributed by atoms with Crippen LogP contribution in [0.4, 0.5) is 5.82 Å². The molecule has 2 heterocycles. The Labute approximate surface area is 146 Å². The average molecular weight is 333 g/mol. The van der Waals surface area contributed by atoms with E-state index in [2.05, 4.69) is 4.98 Å². The van der Waals surface area contributed by atoms with Crippen LogP contribution >= 0.6 is 11.6 Å². The number of pyridine rings is 1. The molecule has 0 unspecified atom stereocenters. The van der Waals surface area contributed by atoms with Crippen molar-refractivity contribution in [3.05, 3.63) is 64.7 Å². The lowest BCUT2D eigenvalue weighted by molar-refractivity contribution is -0.118. The molecule has 0 atom stereocenters. The van der Waals surface area contributed by atoms with Crippen molar-refractivity contribution in [1.29, 1.82) is 0 Å². The van der Waals surface area contributed by atoms with Crippen LogP contribution in [0.25, 0.3) is 10.9 Å². The van der Waals surface area contributed by atoms with Gasteiger partial charge in [-0.05, 0) is 23.6 Å². The first-order valence-corrected chi connectivity index (χ1v) is 8.22. The third-order valence-corrected chi connectivity index (χ3v) is 4.71. The molecule has 24 heavy (non-hydrogen) atoms. The molecule has 5 heteroatoms. The number of benzene rings is 2. The fraction of sp³-hybridized carbons (Fsp3) is 0.158. The molecule has 4 rings (SSSR count). The minimum atomic E-state index is 0.0450. The number of hydrogen-bond acceptors (Lipinski definition) is 2. The molecule has 1 amide bonds. The number of halogens is 1. The van der Waals surface area contributed by atoms with Crippen molar-refractivity contribution in [2.75, 3.05) is 4.90 Å². The summed E-state index contributed by atoms with van der Waals surface area (Å²) >= 11 is 6.40. The van der Waals surface area contributed by atoms with E-state index in [1.807, 2.05) is 42.5 Å². The van der Waals surface area contributed by atoms with Gasteiger partial charge in [0.25, 0.3) is 0 Å². The maximum atomic E-state index is 12.6. The van der Waals surface area contributed by atoms with Crippen LogP contribution in [0.5, 0.6) is 0 Å². The predicted molar refractivity (Wildman–Crippen MR) is 98.1 cm³/mol. The zero-order chi connectivity index (χ0) is 16.7. The van der Waals surface area contributed by atoms with Crippen LogP contribution in [-0.4, -0.2) is 18.7 Å². The monoisotopic (exact) mass is 332 g/mol. The fourth-order valence-electron chi connectivity index (χ4n) is 3.13. The highest BCUT2D eigenvalue weighted by atomic mass is 35.5. The van der Waals surface area contributed by atoms with E-state index < -0.39 is 0 Å². The Hall–Kier alpha value is -2.33. The number of rotatable bonds is 1. The summed E-state index contributed by atoms with van der Waals surface area (Å²) < 4.78 is 0. The third-order valence-electron chi connectivity index (χ3n) is 4.40. The Bertz CT molecular complexity index is 957. The molecule has 116 valence electrons. The highest BCUT2D eigenvalue weighted by Crippen LogP contribution is 2.29. The van der Waals surface area contributed by atoms with E-state index in [0.717, 1.165) is 27.5 Å². The van der Waals surface area contributed by atoms with Crippen LogP contribution in [-0.2, 0) is 17.8 Å². The standard InChI is InChI=1S/C19H14BClN2O/c20-14-7-5-13-11-23(19(24)8-6-12(13)9-14)18-10-16(21)15-3-1-2-4-17(15)22-18/h1-5,7,9-10H,6,8,11H2. The topological polar surface area (TPSA) is 33.2 Å². The van der Waals surface area contributed by atoms with Crippen molar-refractivity contribution in [1.82, 2.24) is 4.98 Å². The molecule has 0 saturated carbocycles. The first-order valence-electron chi connectivity index (χ1n) is 7.85. The molecule has 0 saturated heterocycles. The second-order valence-corrected chi connectivity index (χ2v) is 6.39.